The molecule has 18 heteroatoms. The molecular formula is C43H54N8O9S. The number of carbonyl (C=O) groups is 3. The van der Waals surface area contributed by atoms with E-state index in [0.29, 0.717) is 47.5 Å². The fourth-order valence-corrected chi connectivity index (χ4v) is 6.02. The van der Waals surface area contributed by atoms with E-state index in [2.05, 4.69) is 68.0 Å². The van der Waals surface area contributed by atoms with Gasteiger partial charge in [-0.3, -0.25) is 19.1 Å². The van der Waals surface area contributed by atoms with E-state index >= 15 is 0 Å². The van der Waals surface area contributed by atoms with Crippen LogP contribution in [-0.4, -0.2) is 80.5 Å². The van der Waals surface area contributed by atoms with Gasteiger partial charge >= 0.3 is 0 Å². The minimum absolute atomic E-state index is 0.0329. The largest absolute Gasteiger partial charge is 0.493 e. The van der Waals surface area contributed by atoms with Gasteiger partial charge in [0.2, 0.25) is 23.9 Å². The summed E-state index contributed by atoms with van der Waals surface area (Å²) in [6.45, 7) is 8.78. The lowest BCUT2D eigenvalue weighted by atomic mass is 9.87. The Morgan fingerprint density at radius 3 is 2.11 bits per heavy atom. The topological polar surface area (TPSA) is 226 Å². The second kappa shape index (κ2) is 26.5. The van der Waals surface area contributed by atoms with E-state index in [-0.39, 0.29) is 53.5 Å². The Bertz CT molecular complexity index is 2120. The predicted molar refractivity (Wildman–Crippen MR) is 233 cm³/mol. The Hall–Kier alpha value is -6.53. The van der Waals surface area contributed by atoms with Crippen molar-refractivity contribution in [2.75, 3.05) is 42.8 Å². The third kappa shape index (κ3) is 16.9. The van der Waals surface area contributed by atoms with Gasteiger partial charge in [0.25, 0.3) is 12.4 Å². The molecule has 1 atom stereocenters. The van der Waals surface area contributed by atoms with Crippen LogP contribution < -0.4 is 29.6 Å². The van der Waals surface area contributed by atoms with Crippen LogP contribution in [0.2, 0.25) is 0 Å². The molecule has 2 aromatic carbocycles. The Balaban J connectivity index is 0.000000377. The highest BCUT2D eigenvalue weighted by Crippen LogP contribution is 2.41. The summed E-state index contributed by atoms with van der Waals surface area (Å²) in [5.41, 5.74) is 1.09. The molecule has 0 aliphatic carbocycles. The van der Waals surface area contributed by atoms with Crippen LogP contribution in [0, 0.1) is 0 Å². The highest BCUT2D eigenvalue weighted by atomic mass is 32.2. The molecule has 17 nitrogen and oxygen atoms in total. The Kier molecular flexibility index (Phi) is 21.3. The van der Waals surface area contributed by atoms with Gasteiger partial charge in [-0.25, -0.2) is 24.1 Å². The number of hydrogen-bond acceptors (Lipinski definition) is 13. The van der Waals surface area contributed by atoms with E-state index in [4.69, 9.17) is 28.8 Å². The zero-order chi connectivity index (χ0) is 44.5. The maximum Gasteiger partial charge on any atom is 0.290 e. The lowest BCUT2D eigenvalue weighted by molar-refractivity contribution is -0.123. The van der Waals surface area contributed by atoms with Crippen LogP contribution in [-0.2, 0) is 35.5 Å². The van der Waals surface area contributed by atoms with Crippen molar-refractivity contribution in [2.45, 2.75) is 76.5 Å². The van der Waals surface area contributed by atoms with E-state index in [1.807, 2.05) is 30.3 Å². The number of unbranched alkanes of at least 4 members (excludes halogenated alkanes) is 4. The molecular weight excluding hydrogens is 805 g/mol. The van der Waals surface area contributed by atoms with Crippen molar-refractivity contribution in [3.63, 3.8) is 0 Å². The summed E-state index contributed by atoms with van der Waals surface area (Å²) in [5, 5.41) is 12.1. The molecule has 326 valence electrons. The number of aromatic nitrogens is 5. The summed E-state index contributed by atoms with van der Waals surface area (Å²) >= 11 is 0. The van der Waals surface area contributed by atoms with E-state index in [9.17, 15) is 13.8 Å². The number of carboxylic acid groups (broad SMARTS) is 1. The third-order valence-electron chi connectivity index (χ3n) is 8.26. The molecule has 5 rings (SSSR count). The first-order valence-corrected chi connectivity index (χ1v) is 20.6. The van der Waals surface area contributed by atoms with Crippen LogP contribution in [0.5, 0.6) is 23.1 Å². The van der Waals surface area contributed by atoms with E-state index in [1.54, 1.807) is 69.1 Å². The number of anilines is 3. The summed E-state index contributed by atoms with van der Waals surface area (Å²) in [7, 11) is 1.41. The molecule has 5 aromatic rings. The summed E-state index contributed by atoms with van der Waals surface area (Å²) in [6.07, 6.45) is 9.82. The predicted octanol–water partition coefficient (Wildman–Crippen LogP) is 7.84. The monoisotopic (exact) mass is 858 g/mol. The molecule has 2 amide bonds. The lowest BCUT2D eigenvalue weighted by Crippen LogP contribution is -2.14. The molecule has 0 aliphatic heterocycles. The molecule has 61 heavy (non-hydrogen) atoms. The number of methoxy groups -OCH3 is 2. The van der Waals surface area contributed by atoms with Gasteiger partial charge in [-0.1, -0.05) is 83.7 Å². The van der Waals surface area contributed by atoms with Gasteiger partial charge in [-0.15, -0.1) is 0 Å². The lowest BCUT2D eigenvalue weighted by Gasteiger charge is -2.19. The number of benzene rings is 2. The molecule has 0 fully saturated rings. The third-order valence-corrected chi connectivity index (χ3v) is 9.34. The van der Waals surface area contributed by atoms with Crippen molar-refractivity contribution in [2.24, 2.45) is 0 Å². The molecule has 0 spiro atoms. The number of carbonyl (C=O) groups excluding carboxylic acids is 2. The van der Waals surface area contributed by atoms with E-state index < -0.39 is 11.0 Å². The molecule has 0 radical (unpaired) electrons. The van der Waals surface area contributed by atoms with Gasteiger partial charge in [0.15, 0.2) is 34.1 Å². The Labute approximate surface area is 358 Å². The molecule has 3 aromatic heterocycles. The molecule has 3 heterocycles. The molecule has 1 unspecified atom stereocenters. The maximum absolute atomic E-state index is 13.5. The number of nitrogens with one attached hydrogen (secondary N) is 3. The van der Waals surface area contributed by atoms with Gasteiger partial charge in [0.05, 0.1) is 18.6 Å². The van der Waals surface area contributed by atoms with Crippen molar-refractivity contribution in [3.05, 3.63) is 90.8 Å². The number of pyridine rings is 1. The zero-order valence-electron chi connectivity index (χ0n) is 35.3. The van der Waals surface area contributed by atoms with Crippen LogP contribution in [0.25, 0.3) is 11.6 Å². The quantitative estimate of drug-likeness (QED) is 0.0432. The highest BCUT2D eigenvalue weighted by molar-refractivity contribution is 7.86. The standard InChI is InChI=1S/C28H31N5O5S.C14H21N3O2.CH2O2/c1-28(2,3)19-11-13-20(14-12-19)39(34)33-24-23(38-22-10-7-6-9-21(22)36-5)27(37-18-17-35-4)32-26(31-24)25-29-15-8-16-30-25;1-2-3-4-5-6-10-14(19)17-13-9-7-8-12(16-13)15-11-18;2-1-3/h6-16H,17-18H2,1-5H3,(H,31,32,33);7-9,11H,2-6,10H2,1H3,(H2,15,16,17,18,19);1H,(H,2,3). The number of nitrogens with zero attached hydrogens (tertiary/aromatic N) is 5. The zero-order valence-corrected chi connectivity index (χ0v) is 36.1. The molecule has 0 saturated heterocycles. The molecule has 0 aliphatic rings. The van der Waals surface area contributed by atoms with Crippen LogP contribution in [0.3, 0.4) is 0 Å². The van der Waals surface area contributed by atoms with Crippen molar-refractivity contribution in [1.82, 2.24) is 24.9 Å². The average Bonchev–Trinajstić information content (AvgIpc) is 3.25. The average molecular weight is 859 g/mol. The number of hydrogen-bond donors (Lipinski definition) is 4. The van der Waals surface area contributed by atoms with Crippen molar-refractivity contribution in [3.8, 4) is 34.8 Å². The molecule has 4 N–H and O–H groups in total. The first-order chi connectivity index (χ1) is 29.5. The molecule has 0 bridgehead atoms. The summed E-state index contributed by atoms with van der Waals surface area (Å²) in [4.78, 5) is 52.6. The van der Waals surface area contributed by atoms with Crippen LogP contribution in [0.4, 0.5) is 17.5 Å². The van der Waals surface area contributed by atoms with E-state index in [1.165, 1.54) is 19.3 Å². The first kappa shape index (κ1) is 48.8. The van der Waals surface area contributed by atoms with Gasteiger partial charge in [0, 0.05) is 25.9 Å². The fourth-order valence-electron chi connectivity index (χ4n) is 5.20. The second-order valence-corrected chi connectivity index (χ2v) is 15.0. The van der Waals surface area contributed by atoms with Crippen molar-refractivity contribution in [1.29, 1.82) is 0 Å². The van der Waals surface area contributed by atoms with E-state index in [0.717, 1.165) is 18.4 Å². The van der Waals surface area contributed by atoms with Crippen LogP contribution >= 0.6 is 0 Å². The van der Waals surface area contributed by atoms with Crippen molar-refractivity contribution < 1.29 is 42.6 Å². The smallest absolute Gasteiger partial charge is 0.290 e. The summed E-state index contributed by atoms with van der Waals surface area (Å²) in [6, 6.07) is 21.5. The first-order valence-electron chi connectivity index (χ1n) is 19.4. The SMILES string of the molecule is CCCCCCCC(=O)Nc1cccc(NC=O)n1.COCCOc1nc(-c2ncccn2)nc(NS(=O)c2ccc(C(C)(C)C)cc2)c1Oc1ccccc1OC.O=CO. The normalized spacial score (nSPS) is 11.0. The van der Waals surface area contributed by atoms with Gasteiger partial charge in [-0.05, 0) is 59.9 Å². The number of rotatable bonds is 20. The fraction of sp³-hybridized carbons (Fsp3) is 0.349. The second-order valence-electron chi connectivity index (χ2n) is 13.8. The van der Waals surface area contributed by atoms with Crippen molar-refractivity contribution >= 4 is 47.2 Å². The van der Waals surface area contributed by atoms with Gasteiger partial charge in [0.1, 0.15) is 18.2 Å². The van der Waals surface area contributed by atoms with Crippen LogP contribution in [0.15, 0.2) is 90.1 Å². The minimum atomic E-state index is -1.70. The number of ether oxygens (including phenoxy) is 4. The van der Waals surface area contributed by atoms with Crippen LogP contribution in [0.1, 0.15) is 71.8 Å². The minimum Gasteiger partial charge on any atom is -0.493 e. The highest BCUT2D eigenvalue weighted by Gasteiger charge is 2.24. The van der Waals surface area contributed by atoms with Gasteiger partial charge < -0.3 is 34.7 Å². The summed E-state index contributed by atoms with van der Waals surface area (Å²) < 4.78 is 39.2. The summed E-state index contributed by atoms with van der Waals surface area (Å²) in [5.74, 6) is 2.51. The number of para-hydroxylation sites is 2. The Morgan fingerprint density at radius 2 is 1.48 bits per heavy atom. The van der Waals surface area contributed by atoms with Gasteiger partial charge in [-0.2, -0.15) is 4.98 Å². The maximum atomic E-state index is 13.5. The molecule has 0 saturated carbocycles. The Morgan fingerprint density at radius 1 is 0.803 bits per heavy atom. The number of amides is 2.